The Hall–Kier alpha value is -0.210. The molecule has 0 aromatic carbocycles. The third-order valence-corrected chi connectivity index (χ3v) is 1.98. The van der Waals surface area contributed by atoms with E-state index in [-0.39, 0.29) is 19.7 Å². The van der Waals surface area contributed by atoms with E-state index < -0.39 is 22.1 Å². The minimum absolute atomic E-state index is 0.0976. The molecule has 1 unspecified atom stereocenters. The summed E-state index contributed by atoms with van der Waals surface area (Å²) in [5, 5.41) is 17.5. The number of hydrogen-bond acceptors (Lipinski definition) is 5. The van der Waals surface area contributed by atoms with Crippen LogP contribution < -0.4 is 0 Å². The van der Waals surface area contributed by atoms with E-state index in [2.05, 4.69) is 0 Å². The lowest BCUT2D eigenvalue weighted by atomic mass is 10.4. The molecule has 0 heterocycles. The van der Waals surface area contributed by atoms with Gasteiger partial charge in [-0.3, -0.25) is 9.45 Å². The fourth-order valence-corrected chi connectivity index (χ4v) is 1.65. The van der Waals surface area contributed by atoms with E-state index in [9.17, 15) is 8.42 Å². The minimum Gasteiger partial charge on any atom is -0.395 e. The average molecular weight is 213 g/mol. The van der Waals surface area contributed by atoms with Gasteiger partial charge in [0.1, 0.15) is 5.88 Å². The Morgan fingerprint density at radius 1 is 1.46 bits per heavy atom. The standard InChI is InChI=1S/C6H15NO5S/c1-6(9)4-7(2-3-8)5-13(10,11)12/h6,8-9H,2-5H2,1H3,(H,10,11,12). The molecular weight excluding hydrogens is 198 g/mol. The van der Waals surface area contributed by atoms with Gasteiger partial charge in [-0.25, -0.2) is 0 Å². The van der Waals surface area contributed by atoms with Gasteiger partial charge in [0, 0.05) is 13.1 Å². The van der Waals surface area contributed by atoms with Crippen molar-refractivity contribution in [2.45, 2.75) is 13.0 Å². The molecular formula is C6H15NO5S. The molecule has 0 amide bonds. The van der Waals surface area contributed by atoms with Crippen molar-refractivity contribution < 1.29 is 23.2 Å². The predicted octanol–water partition coefficient (Wildman–Crippen LogP) is -1.49. The smallest absolute Gasteiger partial charge is 0.278 e. The van der Waals surface area contributed by atoms with Gasteiger partial charge in [0.15, 0.2) is 0 Å². The second kappa shape index (κ2) is 5.51. The zero-order chi connectivity index (χ0) is 10.5. The predicted molar refractivity (Wildman–Crippen MR) is 46.8 cm³/mol. The van der Waals surface area contributed by atoms with E-state index in [4.69, 9.17) is 14.8 Å². The topological polar surface area (TPSA) is 98.1 Å². The van der Waals surface area contributed by atoms with Gasteiger partial charge in [0.25, 0.3) is 10.1 Å². The molecule has 13 heavy (non-hydrogen) atoms. The van der Waals surface area contributed by atoms with Crippen molar-refractivity contribution in [1.29, 1.82) is 0 Å². The number of aliphatic hydroxyl groups excluding tert-OH is 2. The van der Waals surface area contributed by atoms with Crippen LogP contribution in [0.5, 0.6) is 0 Å². The molecule has 0 bridgehead atoms. The SMILES string of the molecule is CC(O)CN(CCO)CS(=O)(=O)O. The normalized spacial score (nSPS) is 14.8. The lowest BCUT2D eigenvalue weighted by Gasteiger charge is -2.20. The highest BCUT2D eigenvalue weighted by atomic mass is 32.2. The molecule has 0 fully saturated rings. The molecule has 1 atom stereocenters. The lowest BCUT2D eigenvalue weighted by Crippen LogP contribution is -2.37. The molecule has 0 aliphatic heterocycles. The van der Waals surface area contributed by atoms with Crippen LogP contribution in [0, 0.1) is 0 Å². The zero-order valence-electron chi connectivity index (χ0n) is 7.42. The van der Waals surface area contributed by atoms with Crippen LogP contribution in [0.1, 0.15) is 6.92 Å². The van der Waals surface area contributed by atoms with E-state index in [1.54, 1.807) is 0 Å². The largest absolute Gasteiger partial charge is 0.395 e. The Morgan fingerprint density at radius 3 is 2.31 bits per heavy atom. The summed E-state index contributed by atoms with van der Waals surface area (Å²) in [7, 11) is -4.09. The molecule has 80 valence electrons. The maximum Gasteiger partial charge on any atom is 0.278 e. The van der Waals surface area contributed by atoms with Gasteiger partial charge >= 0.3 is 0 Å². The Morgan fingerprint density at radius 2 is 2.00 bits per heavy atom. The monoisotopic (exact) mass is 213 g/mol. The van der Waals surface area contributed by atoms with Crippen molar-refractivity contribution in [2.75, 3.05) is 25.6 Å². The van der Waals surface area contributed by atoms with Gasteiger partial charge in [0.05, 0.1) is 12.7 Å². The van der Waals surface area contributed by atoms with E-state index in [1.807, 2.05) is 0 Å². The molecule has 3 N–H and O–H groups in total. The minimum atomic E-state index is -4.09. The highest BCUT2D eigenvalue weighted by Gasteiger charge is 2.14. The quantitative estimate of drug-likeness (QED) is 0.465. The van der Waals surface area contributed by atoms with Crippen LogP contribution in [0.25, 0.3) is 0 Å². The molecule has 0 aromatic heterocycles. The number of aliphatic hydroxyl groups is 2. The van der Waals surface area contributed by atoms with Crippen LogP contribution in [-0.2, 0) is 10.1 Å². The fourth-order valence-electron chi connectivity index (χ4n) is 0.954. The molecule has 0 rings (SSSR count). The van der Waals surface area contributed by atoms with Crippen LogP contribution in [0.3, 0.4) is 0 Å². The van der Waals surface area contributed by atoms with Crippen molar-refractivity contribution in [3.05, 3.63) is 0 Å². The molecule has 0 aliphatic rings. The average Bonchev–Trinajstić information content (AvgIpc) is 1.81. The Labute approximate surface area is 77.5 Å². The third kappa shape index (κ3) is 8.13. The second-order valence-electron chi connectivity index (χ2n) is 2.86. The Balaban J connectivity index is 4.10. The first-order valence-corrected chi connectivity index (χ1v) is 5.42. The summed E-state index contributed by atoms with van der Waals surface area (Å²) < 4.78 is 29.4. The number of nitrogens with zero attached hydrogens (tertiary/aromatic N) is 1. The molecule has 0 aromatic rings. The van der Waals surface area contributed by atoms with Crippen molar-refractivity contribution in [3.63, 3.8) is 0 Å². The van der Waals surface area contributed by atoms with Gasteiger partial charge in [-0.1, -0.05) is 0 Å². The third-order valence-electron chi connectivity index (χ3n) is 1.28. The molecule has 7 heteroatoms. The first-order valence-electron chi connectivity index (χ1n) is 3.81. The zero-order valence-corrected chi connectivity index (χ0v) is 8.24. The van der Waals surface area contributed by atoms with Gasteiger partial charge in [-0.15, -0.1) is 0 Å². The summed E-state index contributed by atoms with van der Waals surface area (Å²) in [6.07, 6.45) is -0.701. The highest BCUT2D eigenvalue weighted by molar-refractivity contribution is 7.85. The van der Waals surface area contributed by atoms with Crippen LogP contribution in [0.2, 0.25) is 0 Å². The van der Waals surface area contributed by atoms with Crippen LogP contribution >= 0.6 is 0 Å². The summed E-state index contributed by atoms with van der Waals surface area (Å²) in [6, 6.07) is 0. The van der Waals surface area contributed by atoms with E-state index >= 15 is 0 Å². The molecule has 0 saturated heterocycles. The van der Waals surface area contributed by atoms with Crippen molar-refractivity contribution >= 4 is 10.1 Å². The maximum atomic E-state index is 10.4. The van der Waals surface area contributed by atoms with Crippen LogP contribution in [0.4, 0.5) is 0 Å². The summed E-state index contributed by atoms with van der Waals surface area (Å²) in [4.78, 5) is 1.25. The summed E-state index contributed by atoms with van der Waals surface area (Å²) >= 11 is 0. The fraction of sp³-hybridized carbons (Fsp3) is 1.00. The molecule has 0 radical (unpaired) electrons. The Bertz CT molecular complexity index is 225. The van der Waals surface area contributed by atoms with Crippen LogP contribution in [0.15, 0.2) is 0 Å². The summed E-state index contributed by atoms with van der Waals surface area (Å²) in [5.41, 5.74) is 0. The highest BCUT2D eigenvalue weighted by Crippen LogP contribution is 1.95. The maximum absolute atomic E-state index is 10.4. The lowest BCUT2D eigenvalue weighted by molar-refractivity contribution is 0.121. The molecule has 0 spiro atoms. The molecule has 0 aliphatic carbocycles. The van der Waals surface area contributed by atoms with Gasteiger partial charge in [-0.2, -0.15) is 8.42 Å². The van der Waals surface area contributed by atoms with Gasteiger partial charge in [-0.05, 0) is 6.92 Å². The van der Waals surface area contributed by atoms with Crippen molar-refractivity contribution in [1.82, 2.24) is 4.90 Å². The molecule has 6 nitrogen and oxygen atoms in total. The summed E-state index contributed by atoms with van der Waals surface area (Å²) in [5.74, 6) is -0.571. The first-order chi connectivity index (χ1) is 5.85. The van der Waals surface area contributed by atoms with Gasteiger partial charge in [0.2, 0.25) is 0 Å². The van der Waals surface area contributed by atoms with E-state index in [0.717, 1.165) is 0 Å². The van der Waals surface area contributed by atoms with Crippen LogP contribution in [-0.4, -0.2) is 59.8 Å². The number of hydrogen-bond donors (Lipinski definition) is 3. The first kappa shape index (κ1) is 12.8. The number of rotatable bonds is 6. The van der Waals surface area contributed by atoms with E-state index in [1.165, 1.54) is 11.8 Å². The molecule has 0 saturated carbocycles. The van der Waals surface area contributed by atoms with Crippen molar-refractivity contribution in [3.8, 4) is 0 Å². The van der Waals surface area contributed by atoms with Crippen molar-refractivity contribution in [2.24, 2.45) is 0 Å². The second-order valence-corrected chi connectivity index (χ2v) is 4.28. The Kier molecular flexibility index (Phi) is 5.42. The summed E-state index contributed by atoms with van der Waals surface area (Å²) in [6.45, 7) is 1.47. The van der Waals surface area contributed by atoms with E-state index in [0.29, 0.717) is 0 Å². The van der Waals surface area contributed by atoms with Gasteiger partial charge < -0.3 is 10.2 Å².